The maximum atomic E-state index is 12.2. The lowest BCUT2D eigenvalue weighted by Crippen LogP contribution is -2.37. The normalized spacial score (nSPS) is 10.7. The topological polar surface area (TPSA) is 106 Å². The molecular weight excluding hydrogens is 398 g/mol. The Labute approximate surface area is 182 Å². The Balaban J connectivity index is 1.76. The molecule has 0 aliphatic heterocycles. The number of rotatable bonds is 8. The Morgan fingerprint density at radius 2 is 1.52 bits per heavy atom. The van der Waals surface area contributed by atoms with E-state index in [1.807, 2.05) is 24.3 Å². The molecule has 0 atom stereocenters. The number of ether oxygens (including phenoxy) is 2. The van der Waals surface area contributed by atoms with E-state index in [0.29, 0.717) is 24.2 Å². The molecule has 0 bridgehead atoms. The quantitative estimate of drug-likeness (QED) is 0.595. The van der Waals surface area contributed by atoms with Gasteiger partial charge in [-0.2, -0.15) is 0 Å². The van der Waals surface area contributed by atoms with Gasteiger partial charge < -0.3 is 25.4 Å². The van der Waals surface area contributed by atoms with Gasteiger partial charge in [0.2, 0.25) is 11.8 Å². The van der Waals surface area contributed by atoms with Gasteiger partial charge in [0.25, 0.3) is 0 Å². The molecule has 2 aromatic carbocycles. The van der Waals surface area contributed by atoms with Crippen LogP contribution in [0.5, 0.6) is 5.75 Å². The van der Waals surface area contributed by atoms with Crippen molar-refractivity contribution < 1.29 is 23.9 Å². The van der Waals surface area contributed by atoms with Crippen molar-refractivity contribution in [2.24, 2.45) is 0 Å². The molecule has 0 aliphatic rings. The molecule has 0 fully saturated rings. The minimum absolute atomic E-state index is 0.110. The van der Waals surface area contributed by atoms with E-state index in [4.69, 9.17) is 9.47 Å². The lowest BCUT2D eigenvalue weighted by molar-refractivity contribution is -0.116. The molecule has 0 heterocycles. The van der Waals surface area contributed by atoms with E-state index < -0.39 is 11.7 Å². The summed E-state index contributed by atoms with van der Waals surface area (Å²) in [5.41, 5.74) is 1.56. The summed E-state index contributed by atoms with van der Waals surface area (Å²) in [5.74, 6) is 0.263. The number of amides is 3. The third-order valence-electron chi connectivity index (χ3n) is 4.02. The summed E-state index contributed by atoms with van der Waals surface area (Å²) in [6.07, 6.45) is 0.277. The number of methoxy groups -OCH3 is 1. The average molecular weight is 428 g/mol. The summed E-state index contributed by atoms with van der Waals surface area (Å²) in [7, 11) is 1.61. The maximum absolute atomic E-state index is 12.2. The molecule has 3 amide bonds. The Bertz CT molecular complexity index is 904. The molecule has 166 valence electrons. The molecule has 0 radical (unpaired) electrons. The second-order valence-electron chi connectivity index (χ2n) is 7.88. The number of hydrogen-bond acceptors (Lipinski definition) is 5. The van der Waals surface area contributed by atoms with Crippen molar-refractivity contribution in [2.75, 3.05) is 24.3 Å². The van der Waals surface area contributed by atoms with Gasteiger partial charge in [0.1, 0.15) is 17.9 Å². The summed E-state index contributed by atoms with van der Waals surface area (Å²) >= 11 is 0. The predicted octanol–water partition coefficient (Wildman–Crippen LogP) is 3.73. The van der Waals surface area contributed by atoms with Crippen LogP contribution in [-0.4, -0.2) is 37.2 Å². The second-order valence-corrected chi connectivity index (χ2v) is 7.88. The van der Waals surface area contributed by atoms with E-state index in [1.165, 1.54) is 0 Å². The monoisotopic (exact) mass is 427 g/mol. The van der Waals surface area contributed by atoms with Crippen molar-refractivity contribution in [3.05, 3.63) is 54.1 Å². The van der Waals surface area contributed by atoms with Gasteiger partial charge in [-0.05, 0) is 69.2 Å². The van der Waals surface area contributed by atoms with Crippen LogP contribution < -0.4 is 20.7 Å². The first-order valence-electron chi connectivity index (χ1n) is 9.94. The highest BCUT2D eigenvalue weighted by atomic mass is 16.6. The van der Waals surface area contributed by atoms with Crippen LogP contribution in [0.2, 0.25) is 0 Å². The lowest BCUT2D eigenvalue weighted by atomic mass is 10.1. The molecule has 2 aromatic rings. The van der Waals surface area contributed by atoms with Crippen molar-refractivity contribution >= 4 is 29.3 Å². The van der Waals surface area contributed by atoms with E-state index in [2.05, 4.69) is 16.0 Å². The van der Waals surface area contributed by atoms with Crippen LogP contribution >= 0.6 is 0 Å². The predicted molar refractivity (Wildman–Crippen MR) is 119 cm³/mol. The van der Waals surface area contributed by atoms with Crippen molar-refractivity contribution in [2.45, 2.75) is 39.2 Å². The number of aryl methyl sites for hydroxylation is 1. The van der Waals surface area contributed by atoms with Crippen LogP contribution in [0.3, 0.4) is 0 Å². The van der Waals surface area contributed by atoms with E-state index in [-0.39, 0.29) is 18.4 Å². The third kappa shape index (κ3) is 9.20. The minimum Gasteiger partial charge on any atom is -0.497 e. The molecule has 0 saturated heterocycles. The maximum Gasteiger partial charge on any atom is 0.408 e. The van der Waals surface area contributed by atoms with E-state index in [9.17, 15) is 14.4 Å². The molecule has 0 saturated carbocycles. The average Bonchev–Trinajstić information content (AvgIpc) is 2.71. The van der Waals surface area contributed by atoms with E-state index in [0.717, 1.165) is 11.3 Å². The van der Waals surface area contributed by atoms with Crippen LogP contribution in [-0.2, 0) is 20.7 Å². The fraction of sp³-hybridized carbons (Fsp3) is 0.348. The van der Waals surface area contributed by atoms with Gasteiger partial charge in [0.15, 0.2) is 0 Å². The second kappa shape index (κ2) is 11.0. The fourth-order valence-electron chi connectivity index (χ4n) is 2.62. The van der Waals surface area contributed by atoms with Crippen molar-refractivity contribution in [3.63, 3.8) is 0 Å². The number of alkyl carbamates (subject to hydrolysis) is 1. The SMILES string of the molecule is COc1cccc(CCC(=O)Nc2ccc(NC(=O)CNC(=O)OC(C)(C)C)cc2)c1. The lowest BCUT2D eigenvalue weighted by Gasteiger charge is -2.19. The molecule has 8 nitrogen and oxygen atoms in total. The standard InChI is InChI=1S/C23H29N3O5/c1-23(2,3)31-22(29)24-15-21(28)26-18-11-9-17(10-12-18)25-20(27)13-8-16-6-5-7-19(14-16)30-4/h5-7,9-12,14H,8,13,15H2,1-4H3,(H,24,29)(H,25,27)(H,26,28). The first-order valence-corrected chi connectivity index (χ1v) is 9.94. The zero-order valence-electron chi connectivity index (χ0n) is 18.3. The highest BCUT2D eigenvalue weighted by molar-refractivity contribution is 5.95. The number of nitrogens with one attached hydrogen (secondary N) is 3. The highest BCUT2D eigenvalue weighted by Gasteiger charge is 2.16. The zero-order valence-corrected chi connectivity index (χ0v) is 18.3. The Hall–Kier alpha value is -3.55. The van der Waals surface area contributed by atoms with Gasteiger partial charge >= 0.3 is 6.09 Å². The van der Waals surface area contributed by atoms with Crippen molar-refractivity contribution in [3.8, 4) is 5.75 Å². The van der Waals surface area contributed by atoms with Gasteiger partial charge in [-0.1, -0.05) is 12.1 Å². The third-order valence-corrected chi connectivity index (χ3v) is 4.02. The summed E-state index contributed by atoms with van der Waals surface area (Å²) in [4.78, 5) is 35.7. The molecule has 0 spiro atoms. The number of anilines is 2. The molecule has 8 heteroatoms. The molecule has 0 aromatic heterocycles. The first-order chi connectivity index (χ1) is 14.6. The smallest absolute Gasteiger partial charge is 0.408 e. The van der Waals surface area contributed by atoms with Crippen molar-refractivity contribution in [1.29, 1.82) is 0 Å². The first kappa shape index (κ1) is 23.7. The summed E-state index contributed by atoms with van der Waals surface area (Å²) in [6, 6.07) is 14.3. The Kier molecular flexibility index (Phi) is 8.43. The van der Waals surface area contributed by atoms with E-state index in [1.54, 1.807) is 52.1 Å². The van der Waals surface area contributed by atoms with Crippen LogP contribution in [0.25, 0.3) is 0 Å². The van der Waals surface area contributed by atoms with Gasteiger partial charge in [0, 0.05) is 17.8 Å². The molecule has 2 rings (SSSR count). The summed E-state index contributed by atoms with van der Waals surface area (Å²) in [5, 5.41) is 7.88. The fourth-order valence-corrected chi connectivity index (χ4v) is 2.62. The van der Waals surface area contributed by atoms with Crippen LogP contribution in [0.1, 0.15) is 32.8 Å². The van der Waals surface area contributed by atoms with Crippen molar-refractivity contribution in [1.82, 2.24) is 5.32 Å². The molecule has 0 unspecified atom stereocenters. The Morgan fingerprint density at radius 1 is 0.903 bits per heavy atom. The van der Waals surface area contributed by atoms with Crippen LogP contribution in [0.4, 0.5) is 16.2 Å². The van der Waals surface area contributed by atoms with Crippen LogP contribution in [0, 0.1) is 0 Å². The molecule has 3 N–H and O–H groups in total. The summed E-state index contributed by atoms with van der Waals surface area (Å²) < 4.78 is 10.3. The minimum atomic E-state index is -0.658. The Morgan fingerprint density at radius 3 is 2.10 bits per heavy atom. The number of carbonyl (C=O) groups is 3. The molecule has 0 aliphatic carbocycles. The molecular formula is C23H29N3O5. The summed E-state index contributed by atoms with van der Waals surface area (Å²) in [6.45, 7) is 5.01. The number of hydrogen-bond donors (Lipinski definition) is 3. The van der Waals surface area contributed by atoms with Crippen LogP contribution in [0.15, 0.2) is 48.5 Å². The van der Waals surface area contributed by atoms with Gasteiger partial charge in [-0.3, -0.25) is 9.59 Å². The number of benzene rings is 2. The van der Waals surface area contributed by atoms with E-state index >= 15 is 0 Å². The number of carbonyl (C=O) groups excluding carboxylic acids is 3. The molecule has 31 heavy (non-hydrogen) atoms. The zero-order chi connectivity index (χ0) is 22.9. The van der Waals surface area contributed by atoms with Gasteiger partial charge in [0.05, 0.1) is 7.11 Å². The van der Waals surface area contributed by atoms with Gasteiger partial charge in [-0.25, -0.2) is 4.79 Å². The van der Waals surface area contributed by atoms with Gasteiger partial charge in [-0.15, -0.1) is 0 Å². The largest absolute Gasteiger partial charge is 0.497 e. The highest BCUT2D eigenvalue weighted by Crippen LogP contribution is 2.16.